The van der Waals surface area contributed by atoms with Crippen LogP contribution in [-0.2, 0) is 0 Å². The third-order valence-electron chi connectivity index (χ3n) is 5.74. The van der Waals surface area contributed by atoms with Crippen molar-refractivity contribution in [2.24, 2.45) is 5.92 Å². The number of fused-ring (bicyclic) bond motifs is 1. The Balaban J connectivity index is 1.72. The molecule has 162 valence electrons. The molecule has 0 bridgehead atoms. The van der Waals surface area contributed by atoms with E-state index in [4.69, 9.17) is 9.47 Å². The smallest absolute Gasteiger partial charge is 0.410 e. The minimum atomic E-state index is -4.41. The third kappa shape index (κ3) is 3.74. The van der Waals surface area contributed by atoms with Crippen molar-refractivity contribution in [1.82, 2.24) is 15.1 Å². The number of halogens is 3. The van der Waals surface area contributed by atoms with Crippen LogP contribution in [0.2, 0.25) is 0 Å². The van der Waals surface area contributed by atoms with Crippen molar-refractivity contribution < 1.29 is 22.6 Å². The van der Waals surface area contributed by atoms with E-state index >= 15 is 0 Å². The zero-order chi connectivity index (χ0) is 21.5. The second-order valence-electron chi connectivity index (χ2n) is 7.68. The van der Waals surface area contributed by atoms with E-state index in [2.05, 4.69) is 15.7 Å². The number of aromatic nitrogens is 2. The maximum absolute atomic E-state index is 13.9. The van der Waals surface area contributed by atoms with Crippen LogP contribution in [0.15, 0.2) is 30.3 Å². The topological polar surface area (TPSA) is 60.3 Å². The molecule has 0 radical (unpaired) electrons. The van der Waals surface area contributed by atoms with E-state index in [-0.39, 0.29) is 12.3 Å². The molecule has 0 aliphatic carbocycles. The fourth-order valence-corrected chi connectivity index (χ4v) is 4.15. The molecule has 1 aromatic heterocycles. The molecule has 2 aromatic rings. The van der Waals surface area contributed by atoms with E-state index in [0.29, 0.717) is 35.1 Å². The van der Waals surface area contributed by atoms with Gasteiger partial charge in [-0.2, -0.15) is 18.3 Å². The first-order valence-electron chi connectivity index (χ1n) is 9.87. The van der Waals surface area contributed by atoms with Gasteiger partial charge in [0, 0.05) is 25.6 Å². The normalized spacial score (nSPS) is 23.9. The van der Waals surface area contributed by atoms with Crippen LogP contribution >= 0.6 is 0 Å². The van der Waals surface area contributed by atoms with Gasteiger partial charge < -0.3 is 20.1 Å². The number of methoxy groups -OCH3 is 2. The Labute approximate surface area is 173 Å². The molecular weight excluding hydrogens is 397 g/mol. The van der Waals surface area contributed by atoms with Gasteiger partial charge in [-0.05, 0) is 29.2 Å². The Kier molecular flexibility index (Phi) is 5.40. The summed E-state index contributed by atoms with van der Waals surface area (Å²) >= 11 is 0. The van der Waals surface area contributed by atoms with Gasteiger partial charge in [0.15, 0.2) is 17.5 Å². The number of nitrogens with one attached hydrogen (secondary N) is 2. The monoisotopic (exact) mass is 422 g/mol. The van der Waals surface area contributed by atoms with Crippen LogP contribution in [-0.4, -0.2) is 43.3 Å². The zero-order valence-corrected chi connectivity index (χ0v) is 17.1. The summed E-state index contributed by atoms with van der Waals surface area (Å²) < 4.78 is 53.5. The van der Waals surface area contributed by atoms with Gasteiger partial charge in [0.1, 0.15) is 5.82 Å². The molecule has 9 heteroatoms. The predicted octanol–water partition coefficient (Wildman–Crippen LogP) is 4.18. The molecule has 3 atom stereocenters. The van der Waals surface area contributed by atoms with Crippen LogP contribution in [0.25, 0.3) is 5.57 Å². The molecule has 30 heavy (non-hydrogen) atoms. The lowest BCUT2D eigenvalue weighted by atomic mass is 9.95. The molecule has 0 saturated heterocycles. The molecule has 4 rings (SSSR count). The lowest BCUT2D eigenvalue weighted by Gasteiger charge is -2.33. The number of alkyl halides is 3. The molecule has 6 nitrogen and oxygen atoms in total. The van der Waals surface area contributed by atoms with E-state index < -0.39 is 18.3 Å². The third-order valence-corrected chi connectivity index (χ3v) is 5.74. The van der Waals surface area contributed by atoms with Gasteiger partial charge in [0.05, 0.1) is 26.0 Å². The highest BCUT2D eigenvalue weighted by atomic mass is 19.4. The number of hydrogen-bond donors (Lipinski definition) is 2. The second kappa shape index (κ2) is 7.86. The quantitative estimate of drug-likeness (QED) is 0.774. The lowest BCUT2D eigenvalue weighted by molar-refractivity contribution is -0.173. The number of ether oxygens (including phenoxy) is 2. The Morgan fingerprint density at radius 2 is 1.90 bits per heavy atom. The Morgan fingerprint density at radius 1 is 1.13 bits per heavy atom. The summed E-state index contributed by atoms with van der Waals surface area (Å²) in [4.78, 5) is 0. The lowest BCUT2D eigenvalue weighted by Crippen LogP contribution is -2.35. The number of nitrogens with zero attached hydrogens (tertiary/aromatic N) is 2. The van der Waals surface area contributed by atoms with Gasteiger partial charge in [-0.3, -0.25) is 0 Å². The molecule has 2 aliphatic rings. The minimum Gasteiger partial charge on any atom is -0.493 e. The van der Waals surface area contributed by atoms with Crippen molar-refractivity contribution in [3.8, 4) is 11.5 Å². The van der Waals surface area contributed by atoms with E-state index in [1.54, 1.807) is 24.3 Å². The second-order valence-corrected chi connectivity index (χ2v) is 7.68. The summed E-state index contributed by atoms with van der Waals surface area (Å²) in [7, 11) is 3.02. The number of anilines is 1. The molecule has 0 amide bonds. The molecule has 3 heterocycles. The Bertz CT molecular complexity index is 954. The van der Waals surface area contributed by atoms with Crippen molar-refractivity contribution in [1.29, 1.82) is 0 Å². The highest BCUT2D eigenvalue weighted by molar-refractivity contribution is 5.68. The molecular formula is C21H25F3N4O2. The van der Waals surface area contributed by atoms with Gasteiger partial charge in [0.25, 0.3) is 0 Å². The standard InChI is InChI=1S/C21H25F3N4O2/c1-12-11-25-7-6-14(12)16-10-20-26-15(9-19(21(22,23)24)28(20)27-16)13-4-5-17(29-2)18(8-13)30-3/h4-6,8,10,12,15,19,25-26H,7,9,11H2,1-3H3. The van der Waals surface area contributed by atoms with Crippen molar-refractivity contribution >= 4 is 11.4 Å². The van der Waals surface area contributed by atoms with Crippen LogP contribution in [0.5, 0.6) is 11.5 Å². The first-order chi connectivity index (χ1) is 14.3. The minimum absolute atomic E-state index is 0.163. The van der Waals surface area contributed by atoms with Crippen LogP contribution in [0, 0.1) is 5.92 Å². The van der Waals surface area contributed by atoms with Gasteiger partial charge in [-0.15, -0.1) is 0 Å². The molecule has 1 aromatic carbocycles. The van der Waals surface area contributed by atoms with Gasteiger partial charge in [0.2, 0.25) is 0 Å². The van der Waals surface area contributed by atoms with E-state index in [1.165, 1.54) is 14.2 Å². The Morgan fingerprint density at radius 3 is 2.57 bits per heavy atom. The summed E-state index contributed by atoms with van der Waals surface area (Å²) in [5, 5.41) is 10.8. The highest BCUT2D eigenvalue weighted by Crippen LogP contribution is 2.45. The first-order valence-corrected chi connectivity index (χ1v) is 9.87. The summed E-state index contributed by atoms with van der Waals surface area (Å²) in [6.45, 7) is 3.50. The summed E-state index contributed by atoms with van der Waals surface area (Å²) in [6.07, 6.45) is -2.58. The average Bonchev–Trinajstić information content (AvgIpc) is 3.15. The van der Waals surface area contributed by atoms with Crippen molar-refractivity contribution in [2.75, 3.05) is 32.6 Å². The van der Waals surface area contributed by atoms with Crippen molar-refractivity contribution in [3.63, 3.8) is 0 Å². The van der Waals surface area contributed by atoms with Crippen molar-refractivity contribution in [3.05, 3.63) is 41.6 Å². The van der Waals surface area contributed by atoms with E-state index in [1.807, 2.05) is 13.0 Å². The SMILES string of the molecule is COc1ccc(C2CC(C(F)(F)F)n3nc(C4=CCNCC4C)cc3N2)cc1OC. The molecule has 0 saturated carbocycles. The summed E-state index contributed by atoms with van der Waals surface area (Å²) in [5.74, 6) is 1.56. The number of rotatable bonds is 4. The Hall–Kier alpha value is -2.68. The first kappa shape index (κ1) is 20.6. The molecule has 3 unspecified atom stereocenters. The molecule has 0 fully saturated rings. The van der Waals surface area contributed by atoms with Gasteiger partial charge in [-0.25, -0.2) is 4.68 Å². The molecule has 2 aliphatic heterocycles. The number of hydrogen-bond acceptors (Lipinski definition) is 5. The van der Waals surface area contributed by atoms with Crippen LogP contribution < -0.4 is 20.1 Å². The van der Waals surface area contributed by atoms with Crippen LogP contribution in [0.1, 0.15) is 36.7 Å². The molecule has 0 spiro atoms. The zero-order valence-electron chi connectivity index (χ0n) is 17.1. The fourth-order valence-electron chi connectivity index (χ4n) is 4.15. The van der Waals surface area contributed by atoms with Gasteiger partial charge >= 0.3 is 6.18 Å². The van der Waals surface area contributed by atoms with Gasteiger partial charge in [-0.1, -0.05) is 19.1 Å². The predicted molar refractivity (Wildman–Crippen MR) is 108 cm³/mol. The maximum atomic E-state index is 13.9. The summed E-state index contributed by atoms with van der Waals surface area (Å²) in [5.41, 5.74) is 2.26. The van der Waals surface area contributed by atoms with E-state index in [9.17, 15) is 13.2 Å². The maximum Gasteiger partial charge on any atom is 0.410 e. The van der Waals surface area contributed by atoms with Crippen molar-refractivity contribution in [2.45, 2.75) is 31.6 Å². The molecule has 2 N–H and O–H groups in total. The van der Waals surface area contributed by atoms with E-state index in [0.717, 1.165) is 16.8 Å². The number of benzene rings is 1. The van der Waals surface area contributed by atoms with Crippen LogP contribution in [0.4, 0.5) is 19.0 Å². The fraction of sp³-hybridized carbons (Fsp3) is 0.476. The summed E-state index contributed by atoms with van der Waals surface area (Å²) in [6, 6.07) is 4.66. The average molecular weight is 422 g/mol. The largest absolute Gasteiger partial charge is 0.493 e. The highest BCUT2D eigenvalue weighted by Gasteiger charge is 2.46. The van der Waals surface area contributed by atoms with Crippen LogP contribution in [0.3, 0.4) is 0 Å².